The summed E-state index contributed by atoms with van der Waals surface area (Å²) >= 11 is 10.7. The van der Waals surface area contributed by atoms with Crippen molar-refractivity contribution in [2.24, 2.45) is 16.9 Å². The maximum atomic E-state index is 13.5. The van der Waals surface area contributed by atoms with E-state index in [4.69, 9.17) is 11.6 Å². The molecule has 0 aliphatic carbocycles. The lowest BCUT2D eigenvalue weighted by Crippen LogP contribution is -2.34. The molecule has 9 heteroatoms. The van der Waals surface area contributed by atoms with Crippen molar-refractivity contribution in [1.82, 2.24) is 4.98 Å². The van der Waals surface area contributed by atoms with Crippen LogP contribution in [0.1, 0.15) is 18.4 Å². The van der Waals surface area contributed by atoms with Gasteiger partial charge in [-0.2, -0.15) is 20.6 Å². The number of thiazole rings is 1. The highest BCUT2D eigenvalue weighted by atomic mass is 79.9. The van der Waals surface area contributed by atoms with Gasteiger partial charge in [0.05, 0.1) is 23.8 Å². The molecule has 1 aliphatic rings. The van der Waals surface area contributed by atoms with Gasteiger partial charge in [-0.15, -0.1) is 11.3 Å². The third-order valence-electron chi connectivity index (χ3n) is 5.25. The Labute approximate surface area is 202 Å². The minimum atomic E-state index is -1.00. The van der Waals surface area contributed by atoms with Crippen molar-refractivity contribution in [1.29, 1.82) is 10.5 Å². The summed E-state index contributed by atoms with van der Waals surface area (Å²) in [4.78, 5) is 18.0. The SMILES string of the molecule is CC1=NN(c2nc(-c3ccc(Cl)cc3)cs2)C(=O)[C@H]1[C@@H](c1ccc(Br)cc1)C(C#N)C#N. The van der Waals surface area contributed by atoms with Crippen molar-refractivity contribution >= 4 is 55.6 Å². The van der Waals surface area contributed by atoms with Crippen LogP contribution >= 0.6 is 38.9 Å². The molecule has 32 heavy (non-hydrogen) atoms. The van der Waals surface area contributed by atoms with Crippen LogP contribution in [0.2, 0.25) is 5.02 Å². The molecule has 2 aromatic carbocycles. The van der Waals surface area contributed by atoms with Gasteiger partial charge in [0.15, 0.2) is 0 Å². The average molecular weight is 525 g/mol. The molecule has 2 atom stereocenters. The first-order valence-electron chi connectivity index (χ1n) is 9.58. The monoisotopic (exact) mass is 523 g/mol. The van der Waals surface area contributed by atoms with Crippen molar-refractivity contribution in [2.45, 2.75) is 12.8 Å². The van der Waals surface area contributed by atoms with Gasteiger partial charge in [-0.1, -0.05) is 51.8 Å². The number of anilines is 1. The van der Waals surface area contributed by atoms with E-state index in [-0.39, 0.29) is 5.91 Å². The molecular formula is C23H15BrClN5OS. The maximum Gasteiger partial charge on any atom is 0.259 e. The van der Waals surface area contributed by atoms with Gasteiger partial charge in [-0.25, -0.2) is 4.98 Å². The minimum absolute atomic E-state index is 0.303. The summed E-state index contributed by atoms with van der Waals surface area (Å²) in [6.45, 7) is 1.74. The number of benzene rings is 2. The molecule has 1 aliphatic heterocycles. The molecule has 0 spiro atoms. The number of aromatic nitrogens is 1. The molecule has 4 rings (SSSR count). The Morgan fingerprint density at radius 3 is 2.41 bits per heavy atom. The second-order valence-electron chi connectivity index (χ2n) is 7.20. The minimum Gasteiger partial charge on any atom is -0.272 e. The van der Waals surface area contributed by atoms with Crippen molar-refractivity contribution in [3.05, 3.63) is 69.0 Å². The van der Waals surface area contributed by atoms with E-state index in [1.807, 2.05) is 53.9 Å². The summed E-state index contributed by atoms with van der Waals surface area (Å²) in [5.74, 6) is -2.68. The number of halogens is 2. The fraction of sp³-hybridized carbons (Fsp3) is 0.174. The van der Waals surface area contributed by atoms with Gasteiger partial charge in [0.2, 0.25) is 5.13 Å². The molecule has 158 valence electrons. The molecule has 6 nitrogen and oxygen atoms in total. The summed E-state index contributed by atoms with van der Waals surface area (Å²) < 4.78 is 0.868. The van der Waals surface area contributed by atoms with E-state index in [1.165, 1.54) is 16.3 Å². The average Bonchev–Trinajstić information content (AvgIpc) is 3.38. The number of nitrogens with zero attached hydrogens (tertiary/aromatic N) is 5. The van der Waals surface area contributed by atoms with Gasteiger partial charge in [0.1, 0.15) is 5.92 Å². The van der Waals surface area contributed by atoms with Crippen LogP contribution in [0.4, 0.5) is 5.13 Å². The third-order valence-corrected chi connectivity index (χ3v) is 6.84. The Morgan fingerprint density at radius 1 is 1.12 bits per heavy atom. The molecule has 2 heterocycles. The zero-order valence-corrected chi connectivity index (χ0v) is 19.9. The lowest BCUT2D eigenvalue weighted by molar-refractivity contribution is -0.120. The van der Waals surface area contributed by atoms with E-state index in [0.29, 0.717) is 21.6 Å². The normalized spacial score (nSPS) is 16.6. The maximum absolute atomic E-state index is 13.5. The Morgan fingerprint density at radius 2 is 1.78 bits per heavy atom. The van der Waals surface area contributed by atoms with E-state index in [9.17, 15) is 15.3 Å². The molecule has 0 saturated heterocycles. The van der Waals surface area contributed by atoms with Gasteiger partial charge >= 0.3 is 0 Å². The number of hydrogen-bond acceptors (Lipinski definition) is 6. The van der Waals surface area contributed by atoms with E-state index >= 15 is 0 Å². The van der Waals surface area contributed by atoms with Gasteiger partial charge in [-0.05, 0) is 36.8 Å². The largest absolute Gasteiger partial charge is 0.272 e. The summed E-state index contributed by atoms with van der Waals surface area (Å²) in [7, 11) is 0. The van der Waals surface area contributed by atoms with E-state index < -0.39 is 17.8 Å². The number of rotatable bonds is 5. The Bertz CT molecular complexity index is 1260. The van der Waals surface area contributed by atoms with Gasteiger partial charge in [-0.3, -0.25) is 4.79 Å². The quantitative estimate of drug-likeness (QED) is 0.408. The fourth-order valence-electron chi connectivity index (χ4n) is 3.70. The highest BCUT2D eigenvalue weighted by molar-refractivity contribution is 9.10. The highest BCUT2D eigenvalue weighted by Gasteiger charge is 2.45. The number of hydrazone groups is 1. The topological polar surface area (TPSA) is 93.1 Å². The molecular weight excluding hydrogens is 510 g/mol. The number of carbonyl (C=O) groups is 1. The van der Waals surface area contributed by atoms with Crippen molar-refractivity contribution in [3.8, 4) is 23.4 Å². The first-order chi connectivity index (χ1) is 15.4. The van der Waals surface area contributed by atoms with Gasteiger partial charge in [0, 0.05) is 32.1 Å². The molecule has 3 aromatic rings. The smallest absolute Gasteiger partial charge is 0.259 e. The van der Waals surface area contributed by atoms with Gasteiger partial charge < -0.3 is 0 Å². The highest BCUT2D eigenvalue weighted by Crippen LogP contribution is 2.40. The summed E-state index contributed by atoms with van der Waals surface area (Å²) in [6.07, 6.45) is 0. The van der Waals surface area contributed by atoms with E-state index in [0.717, 1.165) is 15.6 Å². The van der Waals surface area contributed by atoms with Crippen molar-refractivity contribution in [3.63, 3.8) is 0 Å². The first kappa shape index (κ1) is 22.2. The lowest BCUT2D eigenvalue weighted by atomic mass is 9.76. The summed E-state index contributed by atoms with van der Waals surface area (Å²) in [5.41, 5.74) is 2.86. The van der Waals surface area contributed by atoms with Crippen LogP contribution in [-0.2, 0) is 4.79 Å². The molecule has 0 unspecified atom stereocenters. The first-order valence-corrected chi connectivity index (χ1v) is 11.6. The molecule has 1 amide bonds. The van der Waals surface area contributed by atoms with Crippen LogP contribution in [0.5, 0.6) is 0 Å². The van der Waals surface area contributed by atoms with Crippen molar-refractivity contribution < 1.29 is 4.79 Å². The predicted molar refractivity (Wildman–Crippen MR) is 128 cm³/mol. The molecule has 0 bridgehead atoms. The third kappa shape index (κ3) is 4.18. The predicted octanol–water partition coefficient (Wildman–Crippen LogP) is 6.01. The van der Waals surface area contributed by atoms with E-state index in [2.05, 4.69) is 26.0 Å². The standard InChI is InChI=1S/C23H15BrClN5OS/c1-13-20(21(16(10-26)11-27)15-2-6-17(24)7-3-15)22(31)30(29-13)23-28-19(12-32-23)14-4-8-18(25)9-5-14/h2-9,12,16,20-21H,1H3/t20-,21+/m1/s1. The summed E-state index contributed by atoms with van der Waals surface area (Å²) in [6, 6.07) is 18.7. The number of amides is 1. The van der Waals surface area contributed by atoms with Crippen LogP contribution in [0.25, 0.3) is 11.3 Å². The second kappa shape index (κ2) is 9.22. The Balaban J connectivity index is 1.68. The van der Waals surface area contributed by atoms with Crippen LogP contribution in [0.15, 0.2) is 63.5 Å². The molecule has 0 fully saturated rings. The second-order valence-corrected chi connectivity index (χ2v) is 9.39. The van der Waals surface area contributed by atoms with E-state index in [1.54, 1.807) is 19.1 Å². The zero-order chi connectivity index (χ0) is 22.8. The van der Waals surface area contributed by atoms with Crippen molar-refractivity contribution in [2.75, 3.05) is 5.01 Å². The molecule has 1 aromatic heterocycles. The Hall–Kier alpha value is -3.04. The summed E-state index contributed by atoms with van der Waals surface area (Å²) in [5, 5.41) is 27.9. The zero-order valence-electron chi connectivity index (χ0n) is 16.7. The Kier molecular flexibility index (Phi) is 6.38. The fourth-order valence-corrected chi connectivity index (χ4v) is 4.87. The molecule has 0 radical (unpaired) electrons. The number of carbonyl (C=O) groups excluding carboxylic acids is 1. The number of hydrogen-bond donors (Lipinski definition) is 0. The van der Waals surface area contributed by atoms with Crippen LogP contribution in [0.3, 0.4) is 0 Å². The van der Waals surface area contributed by atoms with Gasteiger partial charge in [0.25, 0.3) is 5.91 Å². The van der Waals surface area contributed by atoms with Crippen LogP contribution in [-0.4, -0.2) is 16.6 Å². The molecule has 0 N–H and O–H groups in total. The molecule has 0 saturated carbocycles. The number of nitriles is 2. The van der Waals surface area contributed by atoms with Crippen LogP contribution < -0.4 is 5.01 Å². The van der Waals surface area contributed by atoms with Crippen LogP contribution in [0, 0.1) is 34.5 Å². The lowest BCUT2D eigenvalue weighted by Gasteiger charge is -2.24.